The van der Waals surface area contributed by atoms with Gasteiger partial charge < -0.3 is 9.84 Å². The summed E-state index contributed by atoms with van der Waals surface area (Å²) in [5, 5.41) is 13.9. The number of benzene rings is 1. The van der Waals surface area contributed by atoms with Crippen molar-refractivity contribution in [3.8, 4) is 17.0 Å². The van der Waals surface area contributed by atoms with Crippen molar-refractivity contribution >= 4 is 5.65 Å². The molecule has 5 nitrogen and oxygen atoms in total. The first-order chi connectivity index (χ1) is 10.8. The Morgan fingerprint density at radius 1 is 1.27 bits per heavy atom. The predicted molar refractivity (Wildman–Crippen MR) is 82.9 cm³/mol. The minimum absolute atomic E-state index is 0.0281. The summed E-state index contributed by atoms with van der Waals surface area (Å²) in [5.41, 5.74) is 3.70. The minimum atomic E-state index is 0.0281. The fraction of sp³-hybridized carbons (Fsp3) is 0.294. The van der Waals surface area contributed by atoms with Gasteiger partial charge in [0.2, 0.25) is 5.88 Å². The molecule has 0 spiro atoms. The van der Waals surface area contributed by atoms with E-state index in [1.54, 1.807) is 11.6 Å². The highest BCUT2D eigenvalue weighted by atomic mass is 16.5. The van der Waals surface area contributed by atoms with Gasteiger partial charge in [0.1, 0.15) is 0 Å². The van der Waals surface area contributed by atoms with Crippen molar-refractivity contribution in [3.05, 3.63) is 47.8 Å². The summed E-state index contributed by atoms with van der Waals surface area (Å²) in [7, 11) is 1.64. The molecule has 4 rings (SSSR count). The van der Waals surface area contributed by atoms with Crippen molar-refractivity contribution < 1.29 is 9.84 Å². The quantitative estimate of drug-likeness (QED) is 0.804. The first-order valence-corrected chi connectivity index (χ1v) is 7.44. The second-order valence-electron chi connectivity index (χ2n) is 5.63. The van der Waals surface area contributed by atoms with E-state index < -0.39 is 0 Å². The highest BCUT2D eigenvalue weighted by Crippen LogP contribution is 2.39. The number of fused-ring (bicyclic) bond motifs is 1. The zero-order valence-electron chi connectivity index (χ0n) is 12.4. The molecule has 112 valence electrons. The normalized spacial score (nSPS) is 14.5. The smallest absolute Gasteiger partial charge is 0.216 e. The van der Waals surface area contributed by atoms with E-state index in [2.05, 4.69) is 5.10 Å². The van der Waals surface area contributed by atoms with Gasteiger partial charge in [-0.25, -0.2) is 4.98 Å². The maximum absolute atomic E-state index is 9.34. The van der Waals surface area contributed by atoms with Gasteiger partial charge >= 0.3 is 0 Å². The second kappa shape index (κ2) is 5.10. The van der Waals surface area contributed by atoms with E-state index in [-0.39, 0.29) is 6.61 Å². The number of hydrogen-bond donors (Lipinski definition) is 1. The molecule has 1 fully saturated rings. The van der Waals surface area contributed by atoms with E-state index in [1.165, 1.54) is 0 Å². The van der Waals surface area contributed by atoms with Crippen molar-refractivity contribution in [2.45, 2.75) is 25.4 Å². The van der Waals surface area contributed by atoms with E-state index in [1.807, 2.05) is 36.4 Å². The number of rotatable bonds is 4. The van der Waals surface area contributed by atoms with Gasteiger partial charge in [-0.3, -0.25) is 0 Å². The number of methoxy groups -OCH3 is 1. The molecule has 0 radical (unpaired) electrons. The van der Waals surface area contributed by atoms with Crippen LogP contribution in [0.5, 0.6) is 5.88 Å². The number of pyridine rings is 1. The van der Waals surface area contributed by atoms with Gasteiger partial charge in [0.15, 0.2) is 11.5 Å². The van der Waals surface area contributed by atoms with E-state index in [0.29, 0.717) is 11.8 Å². The Labute approximate surface area is 128 Å². The number of ether oxygens (including phenoxy) is 1. The standard InChI is InChI=1S/C17H17N3O2/c1-22-15-8-7-14(13-4-2-3-11(9-13)10-21)17-18-16(12-5-6-12)19-20(15)17/h2-4,7-9,12,21H,5-6,10H2,1H3. The third kappa shape index (κ3) is 2.14. The van der Waals surface area contributed by atoms with Crippen molar-refractivity contribution in [2.75, 3.05) is 7.11 Å². The number of aliphatic hydroxyl groups excluding tert-OH is 1. The molecule has 3 aromatic rings. The first-order valence-electron chi connectivity index (χ1n) is 7.44. The largest absolute Gasteiger partial charge is 0.481 e. The number of hydrogen-bond acceptors (Lipinski definition) is 4. The topological polar surface area (TPSA) is 59.7 Å². The highest BCUT2D eigenvalue weighted by molar-refractivity contribution is 5.78. The molecular weight excluding hydrogens is 278 g/mol. The van der Waals surface area contributed by atoms with Gasteiger partial charge in [-0.15, -0.1) is 5.10 Å². The molecule has 0 saturated heterocycles. The van der Waals surface area contributed by atoms with Crippen LogP contribution in [0.25, 0.3) is 16.8 Å². The van der Waals surface area contributed by atoms with Crippen LogP contribution < -0.4 is 4.74 Å². The van der Waals surface area contributed by atoms with Gasteiger partial charge in [0.05, 0.1) is 13.7 Å². The fourth-order valence-electron chi connectivity index (χ4n) is 2.69. The first kappa shape index (κ1) is 13.3. The zero-order valence-corrected chi connectivity index (χ0v) is 12.4. The van der Waals surface area contributed by atoms with Crippen molar-refractivity contribution in [3.63, 3.8) is 0 Å². The van der Waals surface area contributed by atoms with E-state index >= 15 is 0 Å². The zero-order chi connectivity index (χ0) is 15.1. The molecule has 1 aliphatic rings. The van der Waals surface area contributed by atoms with E-state index in [4.69, 9.17) is 9.72 Å². The summed E-state index contributed by atoms with van der Waals surface area (Å²) >= 11 is 0. The Balaban J connectivity index is 1.93. The number of aliphatic hydroxyl groups is 1. The lowest BCUT2D eigenvalue weighted by molar-refractivity contribution is 0.282. The molecule has 5 heteroatoms. The van der Waals surface area contributed by atoms with Crippen LogP contribution in [-0.2, 0) is 6.61 Å². The van der Waals surface area contributed by atoms with Crippen molar-refractivity contribution in [2.24, 2.45) is 0 Å². The highest BCUT2D eigenvalue weighted by Gasteiger charge is 2.29. The Morgan fingerprint density at radius 3 is 2.86 bits per heavy atom. The van der Waals surface area contributed by atoms with Crippen LogP contribution in [0.3, 0.4) is 0 Å². The summed E-state index contributed by atoms with van der Waals surface area (Å²) in [5.74, 6) is 2.06. The molecule has 1 aromatic carbocycles. The van der Waals surface area contributed by atoms with Crippen LogP contribution in [0.15, 0.2) is 36.4 Å². The molecular formula is C17H17N3O2. The summed E-state index contributed by atoms with van der Waals surface area (Å²) in [6.45, 7) is 0.0281. The van der Waals surface area contributed by atoms with Gasteiger partial charge in [-0.2, -0.15) is 4.52 Å². The summed E-state index contributed by atoms with van der Waals surface area (Å²) < 4.78 is 7.17. The van der Waals surface area contributed by atoms with Gasteiger partial charge in [0, 0.05) is 17.5 Å². The average Bonchev–Trinajstić information content (AvgIpc) is 3.32. The second-order valence-corrected chi connectivity index (χ2v) is 5.63. The molecule has 1 aliphatic carbocycles. The Kier molecular flexibility index (Phi) is 3.08. The Bertz CT molecular complexity index is 837. The average molecular weight is 295 g/mol. The molecule has 0 atom stereocenters. The molecule has 22 heavy (non-hydrogen) atoms. The Hall–Kier alpha value is -2.40. The number of aromatic nitrogens is 3. The lowest BCUT2D eigenvalue weighted by atomic mass is 10.0. The molecule has 2 aromatic heterocycles. The van der Waals surface area contributed by atoms with Crippen LogP contribution in [-0.4, -0.2) is 26.8 Å². The molecule has 0 aliphatic heterocycles. The van der Waals surface area contributed by atoms with Gasteiger partial charge in [0.25, 0.3) is 0 Å². The minimum Gasteiger partial charge on any atom is -0.481 e. The SMILES string of the molecule is COc1ccc(-c2cccc(CO)c2)c2nc(C3CC3)nn12. The number of nitrogens with zero attached hydrogens (tertiary/aromatic N) is 3. The van der Waals surface area contributed by atoms with Gasteiger partial charge in [-0.05, 0) is 36.1 Å². The molecule has 0 bridgehead atoms. The monoisotopic (exact) mass is 295 g/mol. The molecule has 1 saturated carbocycles. The fourth-order valence-corrected chi connectivity index (χ4v) is 2.69. The summed E-state index contributed by atoms with van der Waals surface area (Å²) in [4.78, 5) is 4.72. The van der Waals surface area contributed by atoms with Crippen LogP contribution in [0.4, 0.5) is 0 Å². The third-order valence-electron chi connectivity index (χ3n) is 4.04. The van der Waals surface area contributed by atoms with Crippen LogP contribution in [0.2, 0.25) is 0 Å². The van der Waals surface area contributed by atoms with Crippen LogP contribution in [0.1, 0.15) is 30.1 Å². The maximum atomic E-state index is 9.34. The molecule has 0 amide bonds. The van der Waals surface area contributed by atoms with E-state index in [0.717, 1.165) is 41.0 Å². The lowest BCUT2D eigenvalue weighted by Gasteiger charge is -2.08. The van der Waals surface area contributed by atoms with Crippen LogP contribution in [0, 0.1) is 0 Å². The predicted octanol–water partition coefficient (Wildman–Crippen LogP) is 2.77. The third-order valence-corrected chi connectivity index (χ3v) is 4.04. The summed E-state index contributed by atoms with van der Waals surface area (Å²) in [6, 6.07) is 11.7. The van der Waals surface area contributed by atoms with E-state index in [9.17, 15) is 5.11 Å². The van der Waals surface area contributed by atoms with Crippen molar-refractivity contribution in [1.29, 1.82) is 0 Å². The molecule has 0 unspecified atom stereocenters. The molecule has 2 heterocycles. The summed E-state index contributed by atoms with van der Waals surface area (Å²) in [6.07, 6.45) is 2.32. The maximum Gasteiger partial charge on any atom is 0.216 e. The Morgan fingerprint density at radius 2 is 2.14 bits per heavy atom. The lowest BCUT2D eigenvalue weighted by Crippen LogP contribution is -1.97. The molecule has 1 N–H and O–H groups in total. The van der Waals surface area contributed by atoms with Crippen LogP contribution >= 0.6 is 0 Å². The van der Waals surface area contributed by atoms with Crippen molar-refractivity contribution in [1.82, 2.24) is 14.6 Å². The van der Waals surface area contributed by atoms with Gasteiger partial charge in [-0.1, -0.05) is 18.2 Å².